The Morgan fingerprint density at radius 1 is 1.40 bits per heavy atom. The van der Waals surface area contributed by atoms with Crippen LogP contribution < -0.4 is 5.32 Å². The zero-order valence-corrected chi connectivity index (χ0v) is 10.4. The molecule has 2 fully saturated rings. The average Bonchev–Trinajstić information content (AvgIpc) is 2.65. The summed E-state index contributed by atoms with van der Waals surface area (Å²) < 4.78 is 0. The molecule has 0 amide bonds. The first-order chi connectivity index (χ1) is 7.22. The number of rotatable bonds is 3. The van der Waals surface area contributed by atoms with E-state index in [9.17, 15) is 0 Å². The molecule has 0 spiro atoms. The van der Waals surface area contributed by atoms with Gasteiger partial charge in [-0.3, -0.25) is 0 Å². The fraction of sp³-hybridized carbons (Fsp3) is 1.00. The molecular formula is C13H26N2. The van der Waals surface area contributed by atoms with Gasteiger partial charge in [0.05, 0.1) is 0 Å². The SMILES string of the molecule is CCN1CCCC(CC2(C)CCCN2)C1. The van der Waals surface area contributed by atoms with Gasteiger partial charge in [0.1, 0.15) is 0 Å². The Hall–Kier alpha value is -0.0800. The van der Waals surface area contributed by atoms with Crippen molar-refractivity contribution in [3.63, 3.8) is 0 Å². The van der Waals surface area contributed by atoms with E-state index in [0.29, 0.717) is 5.54 Å². The minimum Gasteiger partial charge on any atom is -0.312 e. The quantitative estimate of drug-likeness (QED) is 0.768. The van der Waals surface area contributed by atoms with E-state index in [1.54, 1.807) is 0 Å². The summed E-state index contributed by atoms with van der Waals surface area (Å²) in [6.45, 7) is 9.86. The summed E-state index contributed by atoms with van der Waals surface area (Å²) >= 11 is 0. The van der Waals surface area contributed by atoms with Gasteiger partial charge in [-0.2, -0.15) is 0 Å². The predicted octanol–water partition coefficient (Wildman–Crippen LogP) is 2.25. The van der Waals surface area contributed by atoms with E-state index in [0.717, 1.165) is 5.92 Å². The van der Waals surface area contributed by atoms with Crippen molar-refractivity contribution in [3.05, 3.63) is 0 Å². The van der Waals surface area contributed by atoms with Crippen molar-refractivity contribution in [2.45, 2.75) is 51.5 Å². The number of hydrogen-bond donors (Lipinski definition) is 1. The van der Waals surface area contributed by atoms with E-state index < -0.39 is 0 Å². The van der Waals surface area contributed by atoms with Crippen LogP contribution in [-0.2, 0) is 0 Å². The first-order valence-electron chi connectivity index (χ1n) is 6.69. The Balaban J connectivity index is 1.83. The molecule has 2 heterocycles. The molecular weight excluding hydrogens is 184 g/mol. The highest BCUT2D eigenvalue weighted by molar-refractivity contribution is 4.91. The van der Waals surface area contributed by atoms with Crippen LogP contribution in [0.25, 0.3) is 0 Å². The zero-order chi connectivity index (χ0) is 10.7. The smallest absolute Gasteiger partial charge is 0.0156 e. The standard InChI is InChI=1S/C13H26N2/c1-3-15-9-4-6-12(11-15)10-13(2)7-5-8-14-13/h12,14H,3-11H2,1-2H3. The predicted molar refractivity (Wildman–Crippen MR) is 65.1 cm³/mol. The number of nitrogens with zero attached hydrogens (tertiary/aromatic N) is 1. The highest BCUT2D eigenvalue weighted by Gasteiger charge is 2.32. The Morgan fingerprint density at radius 2 is 2.27 bits per heavy atom. The Morgan fingerprint density at radius 3 is 2.93 bits per heavy atom. The third-order valence-electron chi connectivity index (χ3n) is 4.25. The highest BCUT2D eigenvalue weighted by atomic mass is 15.1. The van der Waals surface area contributed by atoms with Crippen molar-refractivity contribution in [1.29, 1.82) is 0 Å². The van der Waals surface area contributed by atoms with Gasteiger partial charge in [-0.05, 0) is 64.6 Å². The second-order valence-corrected chi connectivity index (χ2v) is 5.70. The molecule has 15 heavy (non-hydrogen) atoms. The number of nitrogens with one attached hydrogen (secondary N) is 1. The number of piperidine rings is 1. The highest BCUT2D eigenvalue weighted by Crippen LogP contribution is 2.30. The van der Waals surface area contributed by atoms with Crippen LogP contribution in [0.2, 0.25) is 0 Å². The van der Waals surface area contributed by atoms with Gasteiger partial charge in [0, 0.05) is 12.1 Å². The molecule has 2 aliphatic heterocycles. The molecule has 0 aromatic heterocycles. The van der Waals surface area contributed by atoms with Gasteiger partial charge in [-0.25, -0.2) is 0 Å². The van der Waals surface area contributed by atoms with Gasteiger partial charge < -0.3 is 10.2 Å². The number of likely N-dealkylation sites (tertiary alicyclic amines) is 1. The van der Waals surface area contributed by atoms with Crippen molar-refractivity contribution in [2.75, 3.05) is 26.2 Å². The van der Waals surface area contributed by atoms with Crippen LogP contribution in [0.4, 0.5) is 0 Å². The van der Waals surface area contributed by atoms with Gasteiger partial charge in [-0.15, -0.1) is 0 Å². The molecule has 2 rings (SSSR count). The van der Waals surface area contributed by atoms with Crippen molar-refractivity contribution in [2.24, 2.45) is 5.92 Å². The Labute approximate surface area is 94.4 Å². The first kappa shape index (κ1) is 11.4. The molecule has 2 nitrogen and oxygen atoms in total. The van der Waals surface area contributed by atoms with Crippen LogP contribution in [0.1, 0.15) is 46.0 Å². The summed E-state index contributed by atoms with van der Waals surface area (Å²) in [5.74, 6) is 0.939. The third kappa shape index (κ3) is 2.94. The fourth-order valence-corrected chi connectivity index (χ4v) is 3.37. The van der Waals surface area contributed by atoms with Crippen LogP contribution in [0.15, 0.2) is 0 Å². The van der Waals surface area contributed by atoms with Gasteiger partial charge in [0.25, 0.3) is 0 Å². The fourth-order valence-electron chi connectivity index (χ4n) is 3.37. The summed E-state index contributed by atoms with van der Waals surface area (Å²) in [7, 11) is 0. The van der Waals surface area contributed by atoms with E-state index >= 15 is 0 Å². The zero-order valence-electron chi connectivity index (χ0n) is 10.4. The average molecular weight is 210 g/mol. The molecule has 0 aliphatic carbocycles. The lowest BCUT2D eigenvalue weighted by molar-refractivity contribution is 0.152. The minimum absolute atomic E-state index is 0.460. The topological polar surface area (TPSA) is 15.3 Å². The van der Waals surface area contributed by atoms with Crippen molar-refractivity contribution in [1.82, 2.24) is 10.2 Å². The van der Waals surface area contributed by atoms with Crippen LogP contribution in [-0.4, -0.2) is 36.6 Å². The third-order valence-corrected chi connectivity index (χ3v) is 4.25. The Bertz CT molecular complexity index is 197. The molecule has 0 aromatic carbocycles. The molecule has 88 valence electrons. The van der Waals surface area contributed by atoms with Gasteiger partial charge >= 0.3 is 0 Å². The molecule has 0 bridgehead atoms. The Kier molecular flexibility index (Phi) is 3.68. The van der Waals surface area contributed by atoms with Crippen molar-refractivity contribution < 1.29 is 0 Å². The van der Waals surface area contributed by atoms with Gasteiger partial charge in [0.2, 0.25) is 0 Å². The normalized spacial score (nSPS) is 38.4. The summed E-state index contributed by atoms with van der Waals surface area (Å²) in [5, 5.41) is 3.69. The lowest BCUT2D eigenvalue weighted by atomic mass is 9.83. The molecule has 1 N–H and O–H groups in total. The second-order valence-electron chi connectivity index (χ2n) is 5.70. The molecule has 0 saturated carbocycles. The monoisotopic (exact) mass is 210 g/mol. The van der Waals surface area contributed by atoms with E-state index in [1.807, 2.05) is 0 Å². The molecule has 0 aromatic rings. The van der Waals surface area contributed by atoms with E-state index in [4.69, 9.17) is 0 Å². The van der Waals surface area contributed by atoms with Gasteiger partial charge in [-0.1, -0.05) is 6.92 Å². The maximum atomic E-state index is 3.69. The molecule has 2 unspecified atom stereocenters. The molecule has 2 atom stereocenters. The largest absolute Gasteiger partial charge is 0.312 e. The second kappa shape index (κ2) is 4.84. The van der Waals surface area contributed by atoms with Crippen LogP contribution in [0.3, 0.4) is 0 Å². The van der Waals surface area contributed by atoms with Crippen molar-refractivity contribution in [3.8, 4) is 0 Å². The van der Waals surface area contributed by atoms with Crippen LogP contribution in [0.5, 0.6) is 0 Å². The maximum absolute atomic E-state index is 3.69. The first-order valence-corrected chi connectivity index (χ1v) is 6.69. The summed E-state index contributed by atoms with van der Waals surface area (Å²) in [6, 6.07) is 0. The number of hydrogen-bond acceptors (Lipinski definition) is 2. The van der Waals surface area contributed by atoms with Gasteiger partial charge in [0.15, 0.2) is 0 Å². The minimum atomic E-state index is 0.460. The lowest BCUT2D eigenvalue weighted by Gasteiger charge is -2.36. The lowest BCUT2D eigenvalue weighted by Crippen LogP contribution is -2.43. The molecule has 2 saturated heterocycles. The molecule has 2 aliphatic rings. The van der Waals surface area contributed by atoms with E-state index in [2.05, 4.69) is 24.1 Å². The maximum Gasteiger partial charge on any atom is 0.0156 e. The summed E-state index contributed by atoms with van der Waals surface area (Å²) in [4.78, 5) is 2.62. The molecule has 2 heteroatoms. The van der Waals surface area contributed by atoms with Crippen molar-refractivity contribution >= 4 is 0 Å². The van der Waals surface area contributed by atoms with E-state index in [1.165, 1.54) is 58.3 Å². The van der Waals surface area contributed by atoms with Crippen LogP contribution >= 0.6 is 0 Å². The summed E-state index contributed by atoms with van der Waals surface area (Å²) in [6.07, 6.45) is 7.02. The van der Waals surface area contributed by atoms with E-state index in [-0.39, 0.29) is 0 Å². The molecule has 0 radical (unpaired) electrons. The summed E-state index contributed by atoms with van der Waals surface area (Å²) in [5.41, 5.74) is 0.460. The van der Waals surface area contributed by atoms with Crippen LogP contribution in [0, 0.1) is 5.92 Å².